The summed E-state index contributed by atoms with van der Waals surface area (Å²) in [5, 5.41) is 0. The lowest BCUT2D eigenvalue weighted by molar-refractivity contribution is 1.32. The van der Waals surface area contributed by atoms with E-state index in [-0.39, 0.29) is 0 Å². The Morgan fingerprint density at radius 3 is 0.711 bits per heavy atom. The van der Waals surface area contributed by atoms with E-state index in [0.29, 0.717) is 0 Å². The first-order valence-corrected chi connectivity index (χ1v) is 11.7. The fourth-order valence-corrected chi connectivity index (χ4v) is 3.31. The van der Waals surface area contributed by atoms with Crippen LogP contribution in [0.3, 0.4) is 0 Å². The number of nitrogens with zero attached hydrogens (tertiary/aromatic N) is 4. The van der Waals surface area contributed by atoms with Gasteiger partial charge in [0.2, 0.25) is 0 Å². The molecule has 0 radical (unpaired) electrons. The monoisotopic (exact) mass is 482 g/mol. The van der Waals surface area contributed by atoms with Crippen molar-refractivity contribution in [2.24, 2.45) is 0 Å². The van der Waals surface area contributed by atoms with Gasteiger partial charge in [-0.3, -0.25) is 19.9 Å². The molecule has 4 heterocycles. The summed E-state index contributed by atoms with van der Waals surface area (Å²) in [6.45, 7) is 0. The highest BCUT2D eigenvalue weighted by Gasteiger charge is 2.06. The van der Waals surface area contributed by atoms with Crippen LogP contribution in [-0.2, 0) is 0 Å². The van der Waals surface area contributed by atoms with Gasteiger partial charge >= 0.3 is 0 Å². The van der Waals surface area contributed by atoms with Crippen LogP contribution in [0.2, 0.25) is 0 Å². The van der Waals surface area contributed by atoms with Crippen molar-refractivity contribution in [2.45, 2.75) is 0 Å². The minimum absolute atomic E-state index is 0.761. The summed E-state index contributed by atoms with van der Waals surface area (Å²) in [4.78, 5) is 16.3. The van der Waals surface area contributed by atoms with Crippen molar-refractivity contribution in [3.05, 3.63) is 155 Å². The van der Waals surface area contributed by atoms with Crippen LogP contribution in [0.15, 0.2) is 110 Å². The number of aromatic nitrogens is 4. The van der Waals surface area contributed by atoms with Gasteiger partial charge in [0, 0.05) is 94.1 Å². The summed E-state index contributed by atoms with van der Waals surface area (Å²) in [5.74, 6) is 26.0. The standard InChI is InChI=1S/C34H18N4/c1(27-9-17-35-18-10-27)5-31-25-33(7-3-29-13-21-37-22-14-29)34(8-4-30-15-23-38-24-16-30)26-32(31)6-2-28-11-19-36-20-12-28/h9-26H. The molecule has 0 aliphatic heterocycles. The van der Waals surface area contributed by atoms with Crippen LogP contribution in [0, 0.1) is 47.4 Å². The molecule has 174 valence electrons. The van der Waals surface area contributed by atoms with Gasteiger partial charge < -0.3 is 0 Å². The van der Waals surface area contributed by atoms with Crippen molar-refractivity contribution in [3.63, 3.8) is 0 Å². The second kappa shape index (κ2) is 12.2. The molecule has 0 fully saturated rings. The van der Waals surface area contributed by atoms with Gasteiger partial charge in [-0.15, -0.1) is 0 Å². The van der Waals surface area contributed by atoms with Crippen LogP contribution in [-0.4, -0.2) is 19.9 Å². The summed E-state index contributed by atoms with van der Waals surface area (Å²) < 4.78 is 0. The van der Waals surface area contributed by atoms with E-state index in [1.165, 1.54) is 0 Å². The third-order valence-electron chi connectivity index (χ3n) is 5.24. The Labute approximate surface area is 221 Å². The zero-order chi connectivity index (χ0) is 25.8. The molecule has 0 saturated heterocycles. The Morgan fingerprint density at radius 2 is 0.500 bits per heavy atom. The zero-order valence-corrected chi connectivity index (χ0v) is 20.2. The number of pyridine rings is 4. The molecule has 4 nitrogen and oxygen atoms in total. The normalized spacial score (nSPS) is 9.26. The lowest BCUT2D eigenvalue weighted by Crippen LogP contribution is -1.93. The molecular weight excluding hydrogens is 464 g/mol. The third-order valence-corrected chi connectivity index (χ3v) is 5.24. The molecule has 0 atom stereocenters. The Morgan fingerprint density at radius 1 is 0.289 bits per heavy atom. The molecule has 0 N–H and O–H groups in total. The fourth-order valence-electron chi connectivity index (χ4n) is 3.31. The van der Waals surface area contributed by atoms with E-state index < -0.39 is 0 Å². The van der Waals surface area contributed by atoms with E-state index in [4.69, 9.17) is 0 Å². The van der Waals surface area contributed by atoms with Crippen molar-refractivity contribution in [3.8, 4) is 47.4 Å². The SMILES string of the molecule is C(#Cc1cc(C#Cc2ccncc2)c(C#Cc2ccncc2)cc1C#Cc1ccncc1)c1ccncc1. The number of benzene rings is 1. The van der Waals surface area contributed by atoms with E-state index in [2.05, 4.69) is 67.3 Å². The third kappa shape index (κ3) is 6.59. The van der Waals surface area contributed by atoms with Gasteiger partial charge in [0.05, 0.1) is 0 Å². The smallest absolute Gasteiger partial charge is 0.0419 e. The van der Waals surface area contributed by atoms with Crippen molar-refractivity contribution in [2.75, 3.05) is 0 Å². The predicted molar refractivity (Wildman–Crippen MR) is 147 cm³/mol. The van der Waals surface area contributed by atoms with Crippen LogP contribution in [0.1, 0.15) is 44.5 Å². The molecule has 5 rings (SSSR count). The van der Waals surface area contributed by atoms with Crippen LogP contribution in [0.5, 0.6) is 0 Å². The van der Waals surface area contributed by atoms with E-state index in [1.54, 1.807) is 49.6 Å². The van der Waals surface area contributed by atoms with Gasteiger partial charge in [0.15, 0.2) is 0 Å². The van der Waals surface area contributed by atoms with Crippen molar-refractivity contribution < 1.29 is 0 Å². The Kier molecular flexibility index (Phi) is 7.61. The lowest BCUT2D eigenvalue weighted by atomic mass is 9.97. The highest BCUT2D eigenvalue weighted by Crippen LogP contribution is 2.17. The Balaban J connectivity index is 1.67. The molecule has 4 heteroatoms. The van der Waals surface area contributed by atoms with E-state index in [9.17, 15) is 0 Å². The number of hydrogen-bond donors (Lipinski definition) is 0. The molecule has 0 amide bonds. The van der Waals surface area contributed by atoms with Crippen LogP contribution < -0.4 is 0 Å². The van der Waals surface area contributed by atoms with Crippen molar-refractivity contribution >= 4 is 0 Å². The molecule has 1 aromatic carbocycles. The second-order valence-corrected chi connectivity index (χ2v) is 7.89. The summed E-state index contributed by atoms with van der Waals surface area (Å²) in [5.41, 5.74) is 6.48. The molecule has 0 spiro atoms. The first kappa shape index (κ1) is 23.8. The van der Waals surface area contributed by atoms with E-state index in [1.807, 2.05) is 60.7 Å². The average Bonchev–Trinajstić information content (AvgIpc) is 2.99. The van der Waals surface area contributed by atoms with Gasteiger partial charge in [-0.1, -0.05) is 47.4 Å². The van der Waals surface area contributed by atoms with Crippen molar-refractivity contribution in [1.82, 2.24) is 19.9 Å². The van der Waals surface area contributed by atoms with Gasteiger partial charge in [-0.05, 0) is 60.7 Å². The maximum atomic E-state index is 4.07. The van der Waals surface area contributed by atoms with Gasteiger partial charge in [0.25, 0.3) is 0 Å². The summed E-state index contributed by atoms with van der Waals surface area (Å²) in [7, 11) is 0. The highest BCUT2D eigenvalue weighted by atomic mass is 14.6. The molecule has 0 aliphatic carbocycles. The van der Waals surface area contributed by atoms with E-state index >= 15 is 0 Å². The molecule has 5 aromatic rings. The molecule has 0 bridgehead atoms. The van der Waals surface area contributed by atoms with Crippen molar-refractivity contribution in [1.29, 1.82) is 0 Å². The summed E-state index contributed by atoms with van der Waals surface area (Å²) in [6.07, 6.45) is 13.8. The molecule has 0 aliphatic rings. The first-order chi connectivity index (χ1) is 18.8. The second-order valence-electron chi connectivity index (χ2n) is 7.89. The molecule has 4 aromatic heterocycles. The first-order valence-electron chi connectivity index (χ1n) is 11.7. The van der Waals surface area contributed by atoms with Crippen LogP contribution in [0.25, 0.3) is 0 Å². The predicted octanol–water partition coefficient (Wildman–Crippen LogP) is 4.87. The minimum atomic E-state index is 0.761. The maximum absolute atomic E-state index is 4.07. The van der Waals surface area contributed by atoms with Gasteiger partial charge in [-0.2, -0.15) is 0 Å². The molecule has 38 heavy (non-hydrogen) atoms. The summed E-state index contributed by atoms with van der Waals surface area (Å²) >= 11 is 0. The highest BCUT2D eigenvalue weighted by molar-refractivity contribution is 5.64. The maximum Gasteiger partial charge on any atom is 0.0419 e. The topological polar surface area (TPSA) is 51.6 Å². The largest absolute Gasteiger partial charge is 0.265 e. The summed E-state index contributed by atoms with van der Waals surface area (Å²) in [6, 6.07) is 18.9. The van der Waals surface area contributed by atoms with Crippen LogP contribution in [0.4, 0.5) is 0 Å². The quantitative estimate of drug-likeness (QED) is 0.296. The minimum Gasteiger partial charge on any atom is -0.265 e. The number of hydrogen-bond acceptors (Lipinski definition) is 4. The van der Waals surface area contributed by atoms with Crippen LogP contribution >= 0.6 is 0 Å². The lowest BCUT2D eigenvalue weighted by Gasteiger charge is -2.03. The zero-order valence-electron chi connectivity index (χ0n) is 20.2. The Hall–Kier alpha value is -5.94. The molecular formula is C34H18N4. The van der Waals surface area contributed by atoms with Gasteiger partial charge in [-0.25, -0.2) is 0 Å². The number of rotatable bonds is 0. The van der Waals surface area contributed by atoms with Gasteiger partial charge in [0.1, 0.15) is 0 Å². The fraction of sp³-hybridized carbons (Fsp3) is 0. The average molecular weight is 483 g/mol. The van der Waals surface area contributed by atoms with E-state index in [0.717, 1.165) is 44.5 Å². The molecule has 0 saturated carbocycles. The molecule has 0 unspecified atom stereocenters. The Bertz CT molecular complexity index is 1530.